The molecule has 1 heterocycles. The topological polar surface area (TPSA) is 51.1 Å². The first-order valence-corrected chi connectivity index (χ1v) is 7.99. The van der Waals surface area contributed by atoms with Crippen LogP contribution in [0.3, 0.4) is 0 Å². The normalized spacial score (nSPS) is 13.4. The monoisotopic (exact) mass is 310 g/mol. The Kier molecular flexibility index (Phi) is 4.25. The zero-order chi connectivity index (χ0) is 14.9. The number of nitrogens with zero attached hydrogens (tertiary/aromatic N) is 1. The number of rotatable bonds is 3. The van der Waals surface area contributed by atoms with Gasteiger partial charge in [-0.2, -0.15) is 0 Å². The van der Waals surface area contributed by atoms with E-state index >= 15 is 0 Å². The number of hydrogen-bond acceptors (Lipinski definition) is 4. The third kappa shape index (κ3) is 3.43. The molecule has 20 heavy (non-hydrogen) atoms. The van der Waals surface area contributed by atoms with E-state index in [9.17, 15) is 9.59 Å². The van der Waals surface area contributed by atoms with Crippen LogP contribution in [0.25, 0.3) is 10.1 Å². The lowest BCUT2D eigenvalue weighted by Gasteiger charge is -2.22. The van der Waals surface area contributed by atoms with Gasteiger partial charge in [-0.05, 0) is 63.3 Å². The van der Waals surface area contributed by atoms with Gasteiger partial charge in [-0.1, -0.05) is 12.1 Å². The number of hydrogen-bond donors (Lipinski definition) is 1. The molecule has 0 bridgehead atoms. The van der Waals surface area contributed by atoms with Crippen molar-refractivity contribution in [3.8, 4) is 0 Å². The molecule has 2 rings (SSSR count). The lowest BCUT2D eigenvalue weighted by Crippen LogP contribution is -2.44. The number of amides is 1. The van der Waals surface area contributed by atoms with Crippen LogP contribution in [-0.2, 0) is 4.79 Å². The second-order valence-electron chi connectivity index (χ2n) is 5.64. The first kappa shape index (κ1) is 15.1. The molecule has 1 aromatic carbocycles. The summed E-state index contributed by atoms with van der Waals surface area (Å²) in [7, 11) is 0. The molecule has 0 radical (unpaired) electrons. The van der Waals surface area contributed by atoms with Crippen molar-refractivity contribution in [3.05, 3.63) is 34.6 Å². The Morgan fingerprint density at radius 1 is 1.35 bits per heavy atom. The van der Waals surface area contributed by atoms with Gasteiger partial charge in [-0.15, -0.1) is 0 Å². The van der Waals surface area contributed by atoms with E-state index in [2.05, 4.69) is 5.32 Å². The van der Waals surface area contributed by atoms with E-state index in [0.717, 1.165) is 4.70 Å². The Hall–Kier alpha value is -1.27. The predicted octanol–water partition coefficient (Wildman–Crippen LogP) is 2.86. The summed E-state index contributed by atoms with van der Waals surface area (Å²) in [4.78, 5) is 24.2. The van der Waals surface area contributed by atoms with E-state index in [-0.39, 0.29) is 22.3 Å². The van der Waals surface area contributed by atoms with Crippen LogP contribution in [0, 0.1) is 0 Å². The van der Waals surface area contributed by atoms with Crippen LogP contribution in [0.15, 0.2) is 29.1 Å². The maximum Gasteiger partial charge on any atom is 0.278 e. The second kappa shape index (κ2) is 5.61. The molecule has 0 aliphatic rings. The Morgan fingerprint density at radius 3 is 2.60 bits per heavy atom. The highest BCUT2D eigenvalue weighted by Gasteiger charge is 2.21. The summed E-state index contributed by atoms with van der Waals surface area (Å²) in [6, 6.07) is 7.48. The molecule has 108 valence electrons. The highest BCUT2D eigenvalue weighted by atomic mass is 32.2. The summed E-state index contributed by atoms with van der Waals surface area (Å²) in [5, 5.41) is 3.30. The maximum absolute atomic E-state index is 12.2. The highest BCUT2D eigenvalue weighted by Crippen LogP contribution is 2.23. The average molecular weight is 310 g/mol. The van der Waals surface area contributed by atoms with Gasteiger partial charge in [-0.3, -0.25) is 9.59 Å². The molecular formula is C14H18N2O2S2. The molecule has 1 unspecified atom stereocenters. The number of carbonyl (C=O) groups excluding carboxylic acids is 1. The largest absolute Gasteiger partial charge is 0.350 e. The molecule has 0 saturated carbocycles. The van der Waals surface area contributed by atoms with Crippen molar-refractivity contribution >= 4 is 39.5 Å². The molecule has 0 aliphatic heterocycles. The van der Waals surface area contributed by atoms with Crippen molar-refractivity contribution in [2.45, 2.75) is 38.5 Å². The van der Waals surface area contributed by atoms with Crippen LogP contribution in [0.4, 0.5) is 0 Å². The van der Waals surface area contributed by atoms with Gasteiger partial charge in [0.2, 0.25) is 5.91 Å². The van der Waals surface area contributed by atoms with Gasteiger partial charge >= 0.3 is 0 Å². The zero-order valence-corrected chi connectivity index (χ0v) is 13.6. The fraction of sp³-hybridized carbons (Fsp3) is 0.429. The van der Waals surface area contributed by atoms with Crippen molar-refractivity contribution in [2.24, 2.45) is 0 Å². The van der Waals surface area contributed by atoms with E-state index in [4.69, 9.17) is 0 Å². The second-order valence-corrected chi connectivity index (χ2v) is 8.14. The Balaban J connectivity index is 2.18. The molecule has 0 spiro atoms. The molecule has 6 heteroatoms. The summed E-state index contributed by atoms with van der Waals surface area (Å²) >= 11 is 2.63. The minimum absolute atomic E-state index is 0.0500. The fourth-order valence-corrected chi connectivity index (χ4v) is 3.87. The number of fused-ring (bicyclic) bond motifs is 1. The van der Waals surface area contributed by atoms with Gasteiger partial charge in [0.15, 0.2) is 0 Å². The average Bonchev–Trinajstić information content (AvgIpc) is 2.65. The van der Waals surface area contributed by atoms with Crippen molar-refractivity contribution in [1.82, 2.24) is 8.68 Å². The summed E-state index contributed by atoms with van der Waals surface area (Å²) in [5.41, 5.74) is -0.317. The van der Waals surface area contributed by atoms with E-state index in [1.54, 1.807) is 3.36 Å². The van der Waals surface area contributed by atoms with Crippen molar-refractivity contribution in [2.75, 3.05) is 0 Å². The summed E-state index contributed by atoms with van der Waals surface area (Å²) in [5.74, 6) is -0.0631. The molecular weight excluding hydrogens is 292 g/mol. The maximum atomic E-state index is 12.2. The number of aromatic nitrogens is 1. The third-order valence-corrected chi connectivity index (χ3v) is 4.84. The molecule has 1 amide bonds. The first-order valence-electron chi connectivity index (χ1n) is 6.38. The molecule has 0 saturated heterocycles. The minimum atomic E-state index is -0.319. The van der Waals surface area contributed by atoms with Gasteiger partial charge in [-0.25, -0.2) is 3.36 Å². The molecule has 0 aliphatic carbocycles. The summed E-state index contributed by atoms with van der Waals surface area (Å²) in [6.07, 6.45) is 0. The first-order chi connectivity index (χ1) is 9.28. The predicted molar refractivity (Wildman–Crippen MR) is 86.4 cm³/mol. The van der Waals surface area contributed by atoms with E-state index < -0.39 is 0 Å². The zero-order valence-electron chi connectivity index (χ0n) is 12.0. The van der Waals surface area contributed by atoms with Gasteiger partial charge in [0.05, 0.1) is 10.1 Å². The van der Waals surface area contributed by atoms with Crippen LogP contribution in [0.1, 0.15) is 27.7 Å². The minimum Gasteiger partial charge on any atom is -0.350 e. The van der Waals surface area contributed by atoms with Crippen molar-refractivity contribution in [3.63, 3.8) is 0 Å². The Bertz CT molecular complexity index is 682. The molecule has 1 N–H and O–H groups in total. The van der Waals surface area contributed by atoms with Gasteiger partial charge in [0.25, 0.3) is 5.56 Å². The summed E-state index contributed by atoms with van der Waals surface area (Å²) in [6.45, 7) is 7.62. The van der Waals surface area contributed by atoms with Gasteiger partial charge < -0.3 is 5.32 Å². The van der Waals surface area contributed by atoms with Crippen LogP contribution in [-0.4, -0.2) is 20.1 Å². The number of benzene rings is 1. The number of nitrogens with one attached hydrogen (secondary N) is 1. The standard InChI is InChI=1S/C14H18N2O2S2/c1-9(12(17)15-14(2,3)4)19-16-13(18)10-7-5-6-8-11(10)20-16/h5-9H,1-4H3,(H,15,17). The van der Waals surface area contributed by atoms with Crippen LogP contribution >= 0.6 is 23.5 Å². The molecule has 1 atom stereocenters. The molecule has 4 nitrogen and oxygen atoms in total. The number of carbonyl (C=O) groups is 1. The van der Waals surface area contributed by atoms with Crippen molar-refractivity contribution in [1.29, 1.82) is 0 Å². The van der Waals surface area contributed by atoms with Gasteiger partial charge in [0.1, 0.15) is 5.25 Å². The van der Waals surface area contributed by atoms with Crippen LogP contribution < -0.4 is 10.9 Å². The van der Waals surface area contributed by atoms with Crippen LogP contribution in [0.2, 0.25) is 0 Å². The summed E-state index contributed by atoms with van der Waals surface area (Å²) < 4.78 is 2.52. The van der Waals surface area contributed by atoms with Crippen molar-refractivity contribution < 1.29 is 4.79 Å². The SMILES string of the molecule is CC(Sn1sc2ccccc2c1=O)C(=O)NC(C)(C)C. The lowest BCUT2D eigenvalue weighted by molar-refractivity contribution is -0.121. The van der Waals surface area contributed by atoms with E-state index in [0.29, 0.717) is 5.39 Å². The Labute approximate surface area is 126 Å². The van der Waals surface area contributed by atoms with Crippen LogP contribution in [0.5, 0.6) is 0 Å². The fourth-order valence-electron chi connectivity index (χ4n) is 1.68. The molecule has 1 aromatic heterocycles. The Morgan fingerprint density at radius 2 is 2.00 bits per heavy atom. The molecule has 2 aromatic rings. The quantitative estimate of drug-likeness (QED) is 0.948. The third-order valence-electron chi connectivity index (χ3n) is 2.59. The lowest BCUT2D eigenvalue weighted by atomic mass is 10.1. The van der Waals surface area contributed by atoms with E-state index in [1.165, 1.54) is 23.5 Å². The molecule has 0 fully saturated rings. The van der Waals surface area contributed by atoms with E-state index in [1.807, 2.05) is 52.0 Å². The van der Waals surface area contributed by atoms with Gasteiger partial charge in [0, 0.05) is 5.54 Å². The highest BCUT2D eigenvalue weighted by molar-refractivity contribution is 8.00. The smallest absolute Gasteiger partial charge is 0.278 e.